The van der Waals surface area contributed by atoms with E-state index >= 15 is 0 Å². The third-order valence-corrected chi connectivity index (χ3v) is 4.06. The summed E-state index contributed by atoms with van der Waals surface area (Å²) in [5.74, 6) is 1.73. The molecule has 1 heterocycles. The van der Waals surface area contributed by atoms with Gasteiger partial charge in [-0.25, -0.2) is 9.97 Å². The zero-order chi connectivity index (χ0) is 16.9. The molecule has 0 atom stereocenters. The molecule has 0 aliphatic carbocycles. The van der Waals surface area contributed by atoms with Crippen molar-refractivity contribution in [3.63, 3.8) is 0 Å². The summed E-state index contributed by atoms with van der Waals surface area (Å²) in [5.41, 5.74) is 8.27. The minimum Gasteiger partial charge on any atom is -0.495 e. The van der Waals surface area contributed by atoms with Crippen LogP contribution < -0.4 is 21.1 Å². The fourth-order valence-electron chi connectivity index (χ4n) is 2.16. The number of nitrogens with zero attached hydrogens (tertiary/aromatic N) is 2. The number of nitrogen functional groups attached to an aromatic ring is 1. The molecular formula is C17H16BrN5O. The predicted molar refractivity (Wildman–Crippen MR) is 100 cm³/mol. The van der Waals surface area contributed by atoms with E-state index in [1.807, 2.05) is 48.5 Å². The number of para-hydroxylation sites is 3. The van der Waals surface area contributed by atoms with Gasteiger partial charge in [-0.3, -0.25) is 0 Å². The van der Waals surface area contributed by atoms with Crippen molar-refractivity contribution in [3.05, 3.63) is 59.3 Å². The molecule has 0 radical (unpaired) electrons. The van der Waals surface area contributed by atoms with Gasteiger partial charge >= 0.3 is 0 Å². The molecule has 0 unspecified atom stereocenters. The minimum absolute atomic E-state index is 0.416. The highest BCUT2D eigenvalue weighted by atomic mass is 79.9. The molecule has 6 nitrogen and oxygen atoms in total. The molecule has 0 spiro atoms. The molecule has 0 aliphatic heterocycles. The van der Waals surface area contributed by atoms with Crippen molar-refractivity contribution in [2.75, 3.05) is 23.5 Å². The predicted octanol–water partition coefficient (Wildman–Crippen LogP) is 4.32. The summed E-state index contributed by atoms with van der Waals surface area (Å²) in [7, 11) is 1.61. The van der Waals surface area contributed by atoms with Crippen LogP contribution in [0.5, 0.6) is 5.75 Å². The third-order valence-electron chi connectivity index (χ3n) is 3.37. The zero-order valence-electron chi connectivity index (χ0n) is 13.0. The van der Waals surface area contributed by atoms with Gasteiger partial charge in [0.1, 0.15) is 17.8 Å². The van der Waals surface area contributed by atoms with Crippen LogP contribution >= 0.6 is 15.9 Å². The summed E-state index contributed by atoms with van der Waals surface area (Å²) in [5, 5.41) is 6.38. The van der Waals surface area contributed by atoms with E-state index in [4.69, 9.17) is 10.5 Å². The Morgan fingerprint density at radius 3 is 2.17 bits per heavy atom. The molecule has 4 N–H and O–H groups in total. The van der Waals surface area contributed by atoms with Gasteiger partial charge in [0.2, 0.25) is 0 Å². The smallest absolute Gasteiger partial charge is 0.159 e. The Morgan fingerprint density at radius 1 is 0.917 bits per heavy atom. The molecule has 2 aromatic carbocycles. The largest absolute Gasteiger partial charge is 0.495 e. The molecule has 0 saturated carbocycles. The first-order valence-electron chi connectivity index (χ1n) is 7.21. The molecule has 3 rings (SSSR count). The molecule has 0 fully saturated rings. The highest BCUT2D eigenvalue weighted by Gasteiger charge is 2.11. The summed E-state index contributed by atoms with van der Waals surface area (Å²) in [6, 6.07) is 15.3. The highest BCUT2D eigenvalue weighted by Crippen LogP contribution is 2.33. The second-order valence-electron chi connectivity index (χ2n) is 4.91. The van der Waals surface area contributed by atoms with Crippen LogP contribution in [0.1, 0.15) is 0 Å². The van der Waals surface area contributed by atoms with Crippen LogP contribution in [0.3, 0.4) is 0 Å². The van der Waals surface area contributed by atoms with Crippen LogP contribution in [-0.4, -0.2) is 17.1 Å². The zero-order valence-corrected chi connectivity index (χ0v) is 14.5. The maximum atomic E-state index is 6.21. The van der Waals surface area contributed by atoms with E-state index in [0.717, 1.165) is 15.8 Å². The van der Waals surface area contributed by atoms with Gasteiger partial charge in [0, 0.05) is 4.47 Å². The quantitative estimate of drug-likeness (QED) is 0.606. The molecule has 24 heavy (non-hydrogen) atoms. The van der Waals surface area contributed by atoms with Crippen molar-refractivity contribution in [1.29, 1.82) is 0 Å². The molecule has 0 aliphatic rings. The van der Waals surface area contributed by atoms with Crippen molar-refractivity contribution >= 4 is 44.6 Å². The average Bonchev–Trinajstić information content (AvgIpc) is 2.61. The van der Waals surface area contributed by atoms with Crippen LogP contribution in [0.2, 0.25) is 0 Å². The second kappa shape index (κ2) is 7.18. The number of hydrogen-bond acceptors (Lipinski definition) is 6. The van der Waals surface area contributed by atoms with Gasteiger partial charge < -0.3 is 21.1 Å². The van der Waals surface area contributed by atoms with E-state index in [-0.39, 0.29) is 0 Å². The Balaban J connectivity index is 1.90. The third kappa shape index (κ3) is 3.41. The Morgan fingerprint density at radius 2 is 1.50 bits per heavy atom. The van der Waals surface area contributed by atoms with Gasteiger partial charge in [-0.15, -0.1) is 0 Å². The van der Waals surface area contributed by atoms with Gasteiger partial charge in [0.25, 0.3) is 0 Å². The molecule has 0 amide bonds. The van der Waals surface area contributed by atoms with Crippen LogP contribution in [-0.2, 0) is 0 Å². The fourth-order valence-corrected chi connectivity index (χ4v) is 2.54. The van der Waals surface area contributed by atoms with E-state index in [1.165, 1.54) is 6.33 Å². The number of hydrogen-bond donors (Lipinski definition) is 3. The van der Waals surface area contributed by atoms with Crippen molar-refractivity contribution in [1.82, 2.24) is 9.97 Å². The van der Waals surface area contributed by atoms with Gasteiger partial charge in [-0.05, 0) is 40.2 Å². The number of aromatic nitrogens is 2. The van der Waals surface area contributed by atoms with Gasteiger partial charge in [0.15, 0.2) is 11.6 Å². The summed E-state index contributed by atoms with van der Waals surface area (Å²) in [6.45, 7) is 0. The van der Waals surface area contributed by atoms with Crippen LogP contribution in [0.4, 0.5) is 28.7 Å². The Kier molecular flexibility index (Phi) is 4.81. The van der Waals surface area contributed by atoms with E-state index in [9.17, 15) is 0 Å². The van der Waals surface area contributed by atoms with Crippen LogP contribution in [0.25, 0.3) is 0 Å². The van der Waals surface area contributed by atoms with Crippen molar-refractivity contribution in [2.45, 2.75) is 0 Å². The van der Waals surface area contributed by atoms with Gasteiger partial charge in [-0.1, -0.05) is 24.3 Å². The first kappa shape index (κ1) is 16.1. The maximum absolute atomic E-state index is 6.21. The Labute approximate surface area is 148 Å². The number of anilines is 5. The summed E-state index contributed by atoms with van der Waals surface area (Å²) in [6.07, 6.45) is 1.45. The standard InChI is InChI=1S/C17H16BrN5O/c1-24-14-9-5-4-8-13(14)23-17-15(19)16(20-10-21-17)22-12-7-3-2-6-11(12)18/h2-10H,19H2,1H3,(H2,20,21,22,23). The van der Waals surface area contributed by atoms with Crippen LogP contribution in [0, 0.1) is 0 Å². The molecule has 122 valence electrons. The van der Waals surface area contributed by atoms with E-state index in [2.05, 4.69) is 36.5 Å². The summed E-state index contributed by atoms with van der Waals surface area (Å²) < 4.78 is 6.25. The number of methoxy groups -OCH3 is 1. The molecule has 3 aromatic rings. The number of halogens is 1. The molecule has 1 aromatic heterocycles. The number of rotatable bonds is 5. The van der Waals surface area contributed by atoms with Crippen molar-refractivity contribution < 1.29 is 4.74 Å². The lowest BCUT2D eigenvalue weighted by Crippen LogP contribution is -2.06. The van der Waals surface area contributed by atoms with Crippen LogP contribution in [0.15, 0.2) is 59.3 Å². The van der Waals surface area contributed by atoms with E-state index in [1.54, 1.807) is 7.11 Å². The van der Waals surface area contributed by atoms with E-state index < -0.39 is 0 Å². The summed E-state index contributed by atoms with van der Waals surface area (Å²) >= 11 is 3.49. The molecular weight excluding hydrogens is 370 g/mol. The molecule has 7 heteroatoms. The second-order valence-corrected chi connectivity index (χ2v) is 5.77. The number of nitrogens with one attached hydrogen (secondary N) is 2. The fraction of sp³-hybridized carbons (Fsp3) is 0.0588. The van der Waals surface area contributed by atoms with E-state index in [0.29, 0.717) is 23.1 Å². The van der Waals surface area contributed by atoms with Gasteiger partial charge in [-0.2, -0.15) is 0 Å². The SMILES string of the molecule is COc1ccccc1Nc1ncnc(Nc2ccccc2Br)c1N. The lowest BCUT2D eigenvalue weighted by molar-refractivity contribution is 0.417. The number of benzene rings is 2. The van der Waals surface area contributed by atoms with Gasteiger partial charge in [0.05, 0.1) is 18.5 Å². The highest BCUT2D eigenvalue weighted by molar-refractivity contribution is 9.10. The maximum Gasteiger partial charge on any atom is 0.159 e. The van der Waals surface area contributed by atoms with Crippen molar-refractivity contribution in [2.24, 2.45) is 0 Å². The minimum atomic E-state index is 0.416. The Hall–Kier alpha value is -2.80. The number of ether oxygens (including phenoxy) is 1. The lowest BCUT2D eigenvalue weighted by atomic mass is 10.3. The summed E-state index contributed by atoms with van der Waals surface area (Å²) in [4.78, 5) is 8.44. The average molecular weight is 386 g/mol. The molecule has 0 bridgehead atoms. The Bertz CT molecular complexity index is 856. The molecule has 0 saturated heterocycles. The number of nitrogens with two attached hydrogens (primary N) is 1. The normalized spacial score (nSPS) is 10.2. The monoisotopic (exact) mass is 385 g/mol. The van der Waals surface area contributed by atoms with Crippen molar-refractivity contribution in [3.8, 4) is 5.75 Å². The first-order chi connectivity index (χ1) is 11.7. The first-order valence-corrected chi connectivity index (χ1v) is 8.00. The lowest BCUT2D eigenvalue weighted by Gasteiger charge is -2.14. The topological polar surface area (TPSA) is 85.1 Å².